The number of carbonyl (C=O) groups excluding carboxylic acids is 2. The van der Waals surface area contributed by atoms with Gasteiger partial charge in [0.25, 0.3) is 0 Å². The van der Waals surface area contributed by atoms with E-state index in [9.17, 15) is 14.7 Å². The van der Waals surface area contributed by atoms with Gasteiger partial charge < -0.3 is 15.2 Å². The molecule has 0 heterocycles. The molecule has 0 fully saturated rings. The highest BCUT2D eigenvalue weighted by molar-refractivity contribution is 5.86. The first-order chi connectivity index (χ1) is 9.90. The van der Waals surface area contributed by atoms with Crippen LogP contribution in [0.25, 0.3) is 0 Å². The number of carbonyl (C=O) groups is 2. The molecule has 0 radical (unpaired) electrons. The Morgan fingerprint density at radius 2 is 1.81 bits per heavy atom. The number of rotatable bonds is 7. The lowest BCUT2D eigenvalue weighted by molar-refractivity contribution is -0.149. The van der Waals surface area contributed by atoms with Gasteiger partial charge in [0.15, 0.2) is 0 Å². The number of amides is 1. The molecule has 0 aliphatic carbocycles. The Kier molecular flexibility index (Phi) is 6.88. The van der Waals surface area contributed by atoms with Crippen molar-refractivity contribution >= 4 is 11.9 Å². The van der Waals surface area contributed by atoms with Gasteiger partial charge in [-0.25, -0.2) is 4.79 Å². The van der Waals surface area contributed by atoms with Crippen molar-refractivity contribution < 1.29 is 19.4 Å². The largest absolute Gasteiger partial charge is 0.459 e. The zero-order valence-electron chi connectivity index (χ0n) is 12.7. The number of aliphatic hydroxyl groups is 1. The lowest BCUT2D eigenvalue weighted by Crippen LogP contribution is -2.44. The molecule has 1 amide bonds. The number of hydrogen-bond acceptors (Lipinski definition) is 4. The molecule has 1 aromatic carbocycles. The van der Waals surface area contributed by atoms with Crippen molar-refractivity contribution in [2.45, 2.75) is 45.9 Å². The molecule has 0 aliphatic rings. The summed E-state index contributed by atoms with van der Waals surface area (Å²) in [4.78, 5) is 23.5. The molecular weight excluding hydrogens is 270 g/mol. The molecule has 1 aromatic rings. The van der Waals surface area contributed by atoms with E-state index in [1.165, 1.54) is 6.92 Å². The number of hydrogen-bond donors (Lipinski definition) is 2. The minimum atomic E-state index is -1.10. The second-order valence-electron chi connectivity index (χ2n) is 5.47. The third-order valence-electron chi connectivity index (χ3n) is 2.93. The van der Waals surface area contributed by atoms with Crippen molar-refractivity contribution in [1.82, 2.24) is 5.32 Å². The quantitative estimate of drug-likeness (QED) is 0.749. The Labute approximate surface area is 125 Å². The number of nitrogens with one attached hydrogen (secondary N) is 1. The van der Waals surface area contributed by atoms with Gasteiger partial charge in [0.05, 0.1) is 0 Å². The summed E-state index contributed by atoms with van der Waals surface area (Å²) in [7, 11) is 0. The van der Waals surface area contributed by atoms with Crippen LogP contribution in [0.3, 0.4) is 0 Å². The molecule has 0 spiro atoms. The molecule has 5 nitrogen and oxygen atoms in total. The zero-order chi connectivity index (χ0) is 15.8. The zero-order valence-corrected chi connectivity index (χ0v) is 12.7. The van der Waals surface area contributed by atoms with Gasteiger partial charge in [-0.3, -0.25) is 4.79 Å². The van der Waals surface area contributed by atoms with Gasteiger partial charge in [-0.15, -0.1) is 0 Å². The van der Waals surface area contributed by atoms with Crippen LogP contribution in [0.4, 0.5) is 0 Å². The average Bonchev–Trinajstić information content (AvgIpc) is 2.44. The highest BCUT2D eigenvalue weighted by Crippen LogP contribution is 2.05. The van der Waals surface area contributed by atoms with E-state index in [4.69, 9.17) is 4.74 Å². The van der Waals surface area contributed by atoms with Crippen LogP contribution < -0.4 is 5.32 Å². The summed E-state index contributed by atoms with van der Waals surface area (Å²) in [6.07, 6.45) is -0.744. The van der Waals surface area contributed by atoms with E-state index >= 15 is 0 Å². The average molecular weight is 293 g/mol. The Morgan fingerprint density at radius 1 is 1.19 bits per heavy atom. The van der Waals surface area contributed by atoms with Gasteiger partial charge >= 0.3 is 5.97 Å². The van der Waals surface area contributed by atoms with Crippen molar-refractivity contribution in [3.8, 4) is 0 Å². The van der Waals surface area contributed by atoms with E-state index in [0.717, 1.165) is 5.56 Å². The molecule has 5 heteroatoms. The van der Waals surface area contributed by atoms with Crippen LogP contribution in [0.5, 0.6) is 0 Å². The third kappa shape index (κ3) is 6.40. The van der Waals surface area contributed by atoms with Gasteiger partial charge in [0.2, 0.25) is 5.91 Å². The first kappa shape index (κ1) is 17.2. The second-order valence-corrected chi connectivity index (χ2v) is 5.47. The smallest absolute Gasteiger partial charge is 0.328 e. The molecule has 116 valence electrons. The fourth-order valence-corrected chi connectivity index (χ4v) is 1.78. The van der Waals surface area contributed by atoms with Gasteiger partial charge in [-0.05, 0) is 24.8 Å². The standard InChI is InChI=1S/C16H23NO4/c1-11(2)9-14(18)15(19)17-12(3)16(20)21-10-13-7-5-4-6-8-13/h4-8,11-12,14,18H,9-10H2,1-3H3,(H,17,19)/t12-,14+/m0/s1. The van der Waals surface area contributed by atoms with Crippen molar-refractivity contribution in [2.75, 3.05) is 0 Å². The maximum absolute atomic E-state index is 11.8. The van der Waals surface area contributed by atoms with Gasteiger partial charge in [0, 0.05) is 0 Å². The van der Waals surface area contributed by atoms with Crippen LogP contribution in [-0.2, 0) is 20.9 Å². The predicted octanol–water partition coefficient (Wildman–Crippen LogP) is 1.64. The van der Waals surface area contributed by atoms with E-state index < -0.39 is 24.0 Å². The van der Waals surface area contributed by atoms with Crippen LogP contribution >= 0.6 is 0 Å². The first-order valence-electron chi connectivity index (χ1n) is 7.09. The number of esters is 1. The molecular formula is C16H23NO4. The van der Waals surface area contributed by atoms with E-state index in [1.54, 1.807) is 0 Å². The van der Waals surface area contributed by atoms with E-state index in [1.807, 2.05) is 44.2 Å². The Balaban J connectivity index is 2.38. The van der Waals surface area contributed by atoms with Crippen LogP contribution in [0, 0.1) is 5.92 Å². The molecule has 0 aromatic heterocycles. The first-order valence-corrected chi connectivity index (χ1v) is 7.09. The maximum Gasteiger partial charge on any atom is 0.328 e. The summed E-state index contributed by atoms with van der Waals surface area (Å²) in [5.74, 6) is -0.872. The monoisotopic (exact) mass is 293 g/mol. The summed E-state index contributed by atoms with van der Waals surface area (Å²) in [5, 5.41) is 12.1. The van der Waals surface area contributed by atoms with E-state index in [-0.39, 0.29) is 12.5 Å². The lowest BCUT2D eigenvalue weighted by Gasteiger charge is -2.17. The summed E-state index contributed by atoms with van der Waals surface area (Å²) >= 11 is 0. The molecule has 0 bridgehead atoms. The van der Waals surface area contributed by atoms with Crippen LogP contribution in [-0.4, -0.2) is 29.1 Å². The summed E-state index contributed by atoms with van der Waals surface area (Å²) in [6.45, 7) is 5.52. The Hall–Kier alpha value is -1.88. The molecule has 21 heavy (non-hydrogen) atoms. The van der Waals surface area contributed by atoms with E-state index in [2.05, 4.69) is 5.32 Å². The highest BCUT2D eigenvalue weighted by Gasteiger charge is 2.22. The van der Waals surface area contributed by atoms with Crippen LogP contribution in [0.2, 0.25) is 0 Å². The van der Waals surface area contributed by atoms with Crippen LogP contribution in [0.15, 0.2) is 30.3 Å². The molecule has 1 rings (SSSR count). The normalized spacial score (nSPS) is 13.6. The van der Waals surface area contributed by atoms with Crippen molar-refractivity contribution in [2.24, 2.45) is 5.92 Å². The highest BCUT2D eigenvalue weighted by atomic mass is 16.5. The Bertz CT molecular complexity index is 459. The summed E-state index contributed by atoms with van der Waals surface area (Å²) < 4.78 is 5.12. The Morgan fingerprint density at radius 3 is 2.38 bits per heavy atom. The predicted molar refractivity (Wildman–Crippen MR) is 79.3 cm³/mol. The fraction of sp³-hybridized carbons (Fsp3) is 0.500. The second kappa shape index (κ2) is 8.42. The fourth-order valence-electron chi connectivity index (χ4n) is 1.78. The molecule has 0 saturated carbocycles. The van der Waals surface area contributed by atoms with Crippen molar-refractivity contribution in [3.05, 3.63) is 35.9 Å². The maximum atomic E-state index is 11.8. The summed E-state index contributed by atoms with van der Waals surface area (Å²) in [6, 6.07) is 8.51. The van der Waals surface area contributed by atoms with Gasteiger partial charge in [-0.1, -0.05) is 44.2 Å². The molecule has 2 atom stereocenters. The topological polar surface area (TPSA) is 75.6 Å². The van der Waals surface area contributed by atoms with Gasteiger partial charge in [0.1, 0.15) is 18.8 Å². The third-order valence-corrected chi connectivity index (χ3v) is 2.93. The number of aliphatic hydroxyl groups excluding tert-OH is 1. The minimum absolute atomic E-state index is 0.161. The molecule has 0 unspecified atom stereocenters. The van der Waals surface area contributed by atoms with Crippen LogP contribution in [0.1, 0.15) is 32.8 Å². The number of benzene rings is 1. The number of ether oxygens (including phenoxy) is 1. The SMILES string of the molecule is CC(C)C[C@@H](O)C(=O)N[C@@H](C)C(=O)OCc1ccccc1. The van der Waals surface area contributed by atoms with Crippen molar-refractivity contribution in [3.63, 3.8) is 0 Å². The van der Waals surface area contributed by atoms with Crippen molar-refractivity contribution in [1.29, 1.82) is 0 Å². The van der Waals surface area contributed by atoms with E-state index in [0.29, 0.717) is 6.42 Å². The molecule has 0 aliphatic heterocycles. The minimum Gasteiger partial charge on any atom is -0.459 e. The molecule has 0 saturated heterocycles. The van der Waals surface area contributed by atoms with Gasteiger partial charge in [-0.2, -0.15) is 0 Å². The lowest BCUT2D eigenvalue weighted by atomic mass is 10.1. The molecule has 2 N–H and O–H groups in total. The summed E-state index contributed by atoms with van der Waals surface area (Å²) in [5.41, 5.74) is 0.879.